The van der Waals surface area contributed by atoms with Crippen LogP contribution in [0, 0.1) is 5.82 Å². The Morgan fingerprint density at radius 3 is 2.62 bits per heavy atom. The van der Waals surface area contributed by atoms with E-state index in [0.717, 1.165) is 22.9 Å². The van der Waals surface area contributed by atoms with Gasteiger partial charge in [-0.1, -0.05) is 35.5 Å². The van der Waals surface area contributed by atoms with Gasteiger partial charge in [-0.25, -0.2) is 14.2 Å². The molecule has 5 rings (SSSR count). The fraction of sp³-hybridized carbons (Fsp3) is 0.286. The normalized spacial score (nSPS) is 14.6. The molecule has 39 heavy (non-hydrogen) atoms. The van der Waals surface area contributed by atoms with Crippen LogP contribution >= 0.6 is 0 Å². The molecule has 1 aliphatic rings. The van der Waals surface area contributed by atoms with Crippen LogP contribution in [0.5, 0.6) is 0 Å². The summed E-state index contributed by atoms with van der Waals surface area (Å²) in [6, 6.07) is 12.7. The molecule has 0 bridgehead atoms. The number of aromatic nitrogens is 2. The Morgan fingerprint density at radius 1 is 1.18 bits per heavy atom. The lowest BCUT2D eigenvalue weighted by atomic mass is 10.1. The quantitative estimate of drug-likeness (QED) is 0.257. The summed E-state index contributed by atoms with van der Waals surface area (Å²) in [5, 5.41) is 13.7. The number of carbonyl (C=O) groups is 1. The largest absolute Gasteiger partial charge is 0.477 e. The number of carboxylic acids is 1. The summed E-state index contributed by atoms with van der Waals surface area (Å²) in [5.41, 5.74) is 1.67. The lowest BCUT2D eigenvalue weighted by molar-refractivity contribution is 0.0695. The Labute approximate surface area is 223 Å². The van der Waals surface area contributed by atoms with E-state index in [9.17, 15) is 14.7 Å². The molecule has 0 amide bonds. The first-order valence-corrected chi connectivity index (χ1v) is 12.6. The molecule has 0 saturated carbocycles. The number of benzene rings is 1. The highest BCUT2D eigenvalue weighted by Gasteiger charge is 2.25. The number of oxime groups is 1. The van der Waals surface area contributed by atoms with E-state index >= 15 is 4.39 Å². The van der Waals surface area contributed by atoms with Crippen LogP contribution < -0.4 is 10.3 Å². The van der Waals surface area contributed by atoms with E-state index < -0.39 is 22.8 Å². The van der Waals surface area contributed by atoms with Crippen LogP contribution in [0.15, 0.2) is 75.6 Å². The summed E-state index contributed by atoms with van der Waals surface area (Å²) in [6.07, 6.45) is 4.47. The maximum absolute atomic E-state index is 15.2. The molecule has 3 aromatic heterocycles. The van der Waals surface area contributed by atoms with Gasteiger partial charge in [-0.15, -0.1) is 0 Å². The number of piperazine rings is 1. The van der Waals surface area contributed by atoms with Crippen LogP contribution in [0.1, 0.15) is 28.4 Å². The summed E-state index contributed by atoms with van der Waals surface area (Å²) in [4.78, 5) is 38.2. The van der Waals surface area contributed by atoms with Crippen molar-refractivity contribution in [3.05, 3.63) is 93.9 Å². The molecule has 4 aromatic rings. The minimum Gasteiger partial charge on any atom is -0.477 e. The summed E-state index contributed by atoms with van der Waals surface area (Å²) in [5.74, 6) is -1.87. The average molecular weight is 534 g/mol. The standard InChI is InChI=1S/C28H28FN5O5/c1-2-33-15-22(28(36)37)25(35)21-14-23(29)27(30-26(21)33)34-11-9-32(10-12-34)16-24(20-8-13-38-18-20)31-39-17-19-6-4-3-5-7-19/h3-8,13-15,18H,2,9-12,16-17H2,1H3,(H,36,37)/b31-24-. The number of furan rings is 1. The van der Waals surface area contributed by atoms with Crippen molar-refractivity contribution in [2.75, 3.05) is 37.6 Å². The molecule has 1 N–H and O–H groups in total. The number of fused-ring (bicyclic) bond motifs is 1. The van der Waals surface area contributed by atoms with Crippen LogP contribution in [0.2, 0.25) is 0 Å². The molecule has 1 fully saturated rings. The molecule has 0 spiro atoms. The molecule has 0 radical (unpaired) electrons. The summed E-state index contributed by atoms with van der Waals surface area (Å²) in [6.45, 7) is 5.29. The Kier molecular flexibility index (Phi) is 7.69. The Morgan fingerprint density at radius 2 is 1.95 bits per heavy atom. The summed E-state index contributed by atoms with van der Waals surface area (Å²) >= 11 is 0. The second-order valence-electron chi connectivity index (χ2n) is 9.20. The highest BCUT2D eigenvalue weighted by Crippen LogP contribution is 2.23. The van der Waals surface area contributed by atoms with Gasteiger partial charge in [0.15, 0.2) is 11.6 Å². The zero-order chi connectivity index (χ0) is 27.4. The predicted molar refractivity (Wildman–Crippen MR) is 144 cm³/mol. The third-order valence-corrected chi connectivity index (χ3v) is 6.70. The maximum atomic E-state index is 15.2. The van der Waals surface area contributed by atoms with E-state index in [-0.39, 0.29) is 16.9 Å². The van der Waals surface area contributed by atoms with E-state index in [1.807, 2.05) is 48.2 Å². The van der Waals surface area contributed by atoms with Gasteiger partial charge in [-0.3, -0.25) is 9.69 Å². The van der Waals surface area contributed by atoms with E-state index in [2.05, 4.69) is 15.0 Å². The number of rotatable bonds is 9. The molecule has 11 heteroatoms. The second kappa shape index (κ2) is 11.5. The van der Waals surface area contributed by atoms with Crippen LogP contribution in [0.3, 0.4) is 0 Å². The predicted octanol–water partition coefficient (Wildman–Crippen LogP) is 3.59. The van der Waals surface area contributed by atoms with Crippen LogP contribution in [-0.2, 0) is 18.0 Å². The Bertz CT molecular complexity index is 1540. The number of aryl methyl sites for hydroxylation is 1. The van der Waals surface area contributed by atoms with Crippen LogP contribution in [0.25, 0.3) is 11.0 Å². The number of aromatic carboxylic acids is 1. The lowest BCUT2D eigenvalue weighted by Crippen LogP contribution is -2.48. The average Bonchev–Trinajstić information content (AvgIpc) is 3.49. The first-order valence-electron chi connectivity index (χ1n) is 12.6. The van der Waals surface area contributed by atoms with Gasteiger partial charge in [-0.2, -0.15) is 0 Å². The van der Waals surface area contributed by atoms with Gasteiger partial charge in [0.1, 0.15) is 23.5 Å². The highest BCUT2D eigenvalue weighted by molar-refractivity contribution is 6.01. The van der Waals surface area contributed by atoms with Crippen molar-refractivity contribution < 1.29 is 23.5 Å². The van der Waals surface area contributed by atoms with E-state index in [1.54, 1.807) is 17.1 Å². The van der Waals surface area contributed by atoms with Gasteiger partial charge >= 0.3 is 5.97 Å². The van der Waals surface area contributed by atoms with Gasteiger partial charge in [0, 0.05) is 51.0 Å². The molecular formula is C28H28FN5O5. The van der Waals surface area contributed by atoms with Crippen molar-refractivity contribution >= 4 is 28.5 Å². The number of anilines is 1. The molecule has 0 atom stereocenters. The van der Waals surface area contributed by atoms with E-state index in [0.29, 0.717) is 45.9 Å². The van der Waals surface area contributed by atoms with Crippen molar-refractivity contribution in [2.45, 2.75) is 20.1 Å². The first kappa shape index (κ1) is 26.1. The van der Waals surface area contributed by atoms with Crippen molar-refractivity contribution in [3.63, 3.8) is 0 Å². The maximum Gasteiger partial charge on any atom is 0.341 e. The first-order chi connectivity index (χ1) is 18.9. The topological polar surface area (TPSA) is 113 Å². The number of nitrogens with zero attached hydrogens (tertiary/aromatic N) is 5. The minimum absolute atomic E-state index is 0.0481. The smallest absolute Gasteiger partial charge is 0.341 e. The Hall–Kier alpha value is -4.51. The molecule has 0 unspecified atom stereocenters. The third kappa shape index (κ3) is 5.68. The monoisotopic (exact) mass is 533 g/mol. The molecule has 4 heterocycles. The van der Waals surface area contributed by atoms with Crippen molar-refractivity contribution in [3.8, 4) is 0 Å². The lowest BCUT2D eigenvalue weighted by Gasteiger charge is -2.35. The van der Waals surface area contributed by atoms with Crippen molar-refractivity contribution in [2.24, 2.45) is 5.16 Å². The molecule has 1 saturated heterocycles. The SMILES string of the molecule is CCn1cc(C(=O)O)c(=O)c2cc(F)c(N3CCN(C/C(=N/OCc4ccccc4)c4ccoc4)CC3)nc21. The van der Waals surface area contributed by atoms with Crippen molar-refractivity contribution in [1.29, 1.82) is 0 Å². The Balaban J connectivity index is 1.30. The molecule has 1 aromatic carbocycles. The summed E-state index contributed by atoms with van der Waals surface area (Å²) < 4.78 is 22.0. The molecule has 10 nitrogen and oxygen atoms in total. The second-order valence-corrected chi connectivity index (χ2v) is 9.20. The molecule has 202 valence electrons. The highest BCUT2D eigenvalue weighted by atomic mass is 19.1. The minimum atomic E-state index is -1.35. The van der Waals surface area contributed by atoms with E-state index in [1.165, 1.54) is 6.20 Å². The van der Waals surface area contributed by atoms with Crippen molar-refractivity contribution in [1.82, 2.24) is 14.5 Å². The fourth-order valence-electron chi connectivity index (χ4n) is 4.58. The fourth-order valence-corrected chi connectivity index (χ4v) is 4.58. The summed E-state index contributed by atoms with van der Waals surface area (Å²) in [7, 11) is 0. The number of carboxylic acid groups (broad SMARTS) is 1. The van der Waals surface area contributed by atoms with E-state index in [4.69, 9.17) is 9.25 Å². The third-order valence-electron chi connectivity index (χ3n) is 6.70. The number of hydrogen-bond acceptors (Lipinski definition) is 8. The number of halogens is 1. The number of hydrogen-bond donors (Lipinski definition) is 1. The number of pyridine rings is 2. The zero-order valence-electron chi connectivity index (χ0n) is 21.4. The van der Waals surface area contributed by atoms with Gasteiger partial charge in [0.2, 0.25) is 5.43 Å². The molecule has 1 aliphatic heterocycles. The van der Waals surface area contributed by atoms with Gasteiger partial charge in [0.05, 0.1) is 17.9 Å². The zero-order valence-corrected chi connectivity index (χ0v) is 21.4. The molecule has 0 aliphatic carbocycles. The molecular weight excluding hydrogens is 505 g/mol. The van der Waals surface area contributed by atoms with Crippen LogP contribution in [-0.4, -0.2) is 64.0 Å². The van der Waals surface area contributed by atoms with Gasteiger partial charge < -0.3 is 23.8 Å². The van der Waals surface area contributed by atoms with Gasteiger partial charge in [-0.05, 0) is 24.6 Å². The van der Waals surface area contributed by atoms with Crippen LogP contribution in [0.4, 0.5) is 10.2 Å². The van der Waals surface area contributed by atoms with Gasteiger partial charge in [0.25, 0.3) is 0 Å².